The van der Waals surface area contributed by atoms with Crippen LogP contribution in [-0.4, -0.2) is 17.1 Å². The zero-order chi connectivity index (χ0) is 16.6. The zero-order valence-electron chi connectivity index (χ0n) is 13.5. The second-order valence-corrected chi connectivity index (χ2v) is 5.19. The molecular weight excluding hydrogens is 296 g/mol. The first-order valence-corrected chi connectivity index (χ1v) is 7.73. The Labute approximate surface area is 142 Å². The number of hydrogen-bond donors (Lipinski definition) is 0. The third-order valence-corrected chi connectivity index (χ3v) is 3.42. The molecule has 0 bridgehead atoms. The van der Waals surface area contributed by atoms with E-state index in [9.17, 15) is 0 Å². The molecule has 0 radical (unpaired) electrons. The highest BCUT2D eigenvalue weighted by atomic mass is 16.5. The van der Waals surface area contributed by atoms with Gasteiger partial charge in [0.2, 0.25) is 0 Å². The number of aromatic nitrogens is 2. The van der Waals surface area contributed by atoms with Crippen molar-refractivity contribution in [3.05, 3.63) is 89.2 Å². The van der Waals surface area contributed by atoms with Crippen LogP contribution in [0.4, 0.5) is 0 Å². The van der Waals surface area contributed by atoms with E-state index in [1.165, 1.54) is 0 Å². The van der Waals surface area contributed by atoms with Crippen molar-refractivity contribution in [1.82, 2.24) is 9.97 Å². The summed E-state index contributed by atoms with van der Waals surface area (Å²) < 4.78 is 5.21. The minimum atomic E-state index is 0.359. The van der Waals surface area contributed by atoms with Crippen molar-refractivity contribution >= 4 is 24.3 Å². The molecule has 3 aromatic rings. The van der Waals surface area contributed by atoms with Crippen LogP contribution in [0.5, 0.6) is 6.01 Å². The van der Waals surface area contributed by atoms with E-state index >= 15 is 0 Å². The Morgan fingerprint density at radius 1 is 0.667 bits per heavy atom. The first kappa shape index (κ1) is 15.7. The predicted octanol–water partition coefficient (Wildman–Crippen LogP) is 4.83. The second kappa shape index (κ2) is 7.88. The normalized spacial score (nSPS) is 11.2. The van der Waals surface area contributed by atoms with E-state index in [2.05, 4.69) is 9.97 Å². The quantitative estimate of drug-likeness (QED) is 0.677. The summed E-state index contributed by atoms with van der Waals surface area (Å²) in [6.45, 7) is 0. The molecule has 0 saturated heterocycles. The Morgan fingerprint density at radius 3 is 1.54 bits per heavy atom. The lowest BCUT2D eigenvalue weighted by Gasteiger charge is -2.02. The Kier molecular flexibility index (Phi) is 5.15. The summed E-state index contributed by atoms with van der Waals surface area (Å²) in [6.07, 6.45) is 7.96. The largest absolute Gasteiger partial charge is 0.467 e. The lowest BCUT2D eigenvalue weighted by Crippen LogP contribution is -1.95. The lowest BCUT2D eigenvalue weighted by molar-refractivity contribution is 0.379. The highest BCUT2D eigenvalue weighted by Gasteiger charge is 2.01. The minimum absolute atomic E-state index is 0.359. The van der Waals surface area contributed by atoms with Gasteiger partial charge in [0.15, 0.2) is 0 Å². The average Bonchev–Trinajstić information content (AvgIpc) is 2.66. The van der Waals surface area contributed by atoms with E-state index in [-0.39, 0.29) is 0 Å². The Balaban J connectivity index is 1.85. The molecule has 0 fully saturated rings. The highest BCUT2D eigenvalue weighted by Crippen LogP contribution is 2.14. The molecule has 0 N–H and O–H groups in total. The van der Waals surface area contributed by atoms with Crippen molar-refractivity contribution in [3.63, 3.8) is 0 Å². The molecule has 1 heterocycles. The van der Waals surface area contributed by atoms with Crippen LogP contribution < -0.4 is 4.74 Å². The standard InChI is InChI=1S/C21H18N2O/c1-24-21-22-19(14-12-17-8-4-2-5-9-17)16-20(23-21)15-13-18-10-6-3-7-11-18/h2-16H,1H3/b14-12+,15-13+. The molecule has 0 aliphatic heterocycles. The van der Waals surface area contributed by atoms with Crippen molar-refractivity contribution in [2.75, 3.05) is 7.11 Å². The van der Waals surface area contributed by atoms with Crippen molar-refractivity contribution in [2.45, 2.75) is 0 Å². The maximum absolute atomic E-state index is 5.21. The lowest BCUT2D eigenvalue weighted by atomic mass is 10.2. The summed E-state index contributed by atoms with van der Waals surface area (Å²) in [5.41, 5.74) is 3.85. The summed E-state index contributed by atoms with van der Waals surface area (Å²) in [6, 6.07) is 22.5. The third kappa shape index (κ3) is 4.40. The van der Waals surface area contributed by atoms with Gasteiger partial charge in [0.25, 0.3) is 0 Å². The molecule has 24 heavy (non-hydrogen) atoms. The average molecular weight is 314 g/mol. The molecular formula is C21H18N2O. The molecule has 0 aliphatic carbocycles. The SMILES string of the molecule is COc1nc(/C=C/c2ccccc2)cc(/C=C/c2ccccc2)n1. The topological polar surface area (TPSA) is 35.0 Å². The summed E-state index contributed by atoms with van der Waals surface area (Å²) in [7, 11) is 1.57. The van der Waals surface area contributed by atoms with Crippen molar-refractivity contribution in [3.8, 4) is 6.01 Å². The molecule has 3 rings (SSSR count). The monoisotopic (exact) mass is 314 g/mol. The van der Waals surface area contributed by atoms with E-state index < -0.39 is 0 Å². The van der Waals surface area contributed by atoms with E-state index in [4.69, 9.17) is 4.74 Å². The number of methoxy groups -OCH3 is 1. The molecule has 0 amide bonds. The highest BCUT2D eigenvalue weighted by molar-refractivity contribution is 5.72. The van der Waals surface area contributed by atoms with E-state index in [1.807, 2.05) is 91.0 Å². The van der Waals surface area contributed by atoms with E-state index in [0.29, 0.717) is 6.01 Å². The first-order valence-electron chi connectivity index (χ1n) is 7.73. The summed E-state index contributed by atoms with van der Waals surface area (Å²) in [4.78, 5) is 8.74. The third-order valence-electron chi connectivity index (χ3n) is 3.42. The molecule has 2 aromatic carbocycles. The van der Waals surface area contributed by atoms with Gasteiger partial charge in [0.05, 0.1) is 18.5 Å². The Bertz CT molecular complexity index is 772. The number of benzene rings is 2. The molecule has 0 saturated carbocycles. The molecule has 0 aliphatic rings. The maximum atomic E-state index is 5.21. The number of rotatable bonds is 5. The van der Waals surface area contributed by atoms with Crippen LogP contribution >= 0.6 is 0 Å². The summed E-state index contributed by atoms with van der Waals surface area (Å²) >= 11 is 0. The zero-order valence-corrected chi connectivity index (χ0v) is 13.5. The van der Waals surface area contributed by atoms with E-state index in [0.717, 1.165) is 22.5 Å². The number of ether oxygens (including phenoxy) is 1. The molecule has 0 spiro atoms. The molecule has 1 aromatic heterocycles. The molecule has 3 heteroatoms. The van der Waals surface area contributed by atoms with Gasteiger partial charge in [-0.3, -0.25) is 0 Å². The van der Waals surface area contributed by atoms with Gasteiger partial charge in [-0.25, -0.2) is 0 Å². The predicted molar refractivity (Wildman–Crippen MR) is 99.3 cm³/mol. The first-order chi connectivity index (χ1) is 11.8. The summed E-state index contributed by atoms with van der Waals surface area (Å²) in [5.74, 6) is 0. The molecule has 0 unspecified atom stereocenters. The van der Waals surface area contributed by atoms with Gasteiger partial charge < -0.3 is 4.74 Å². The smallest absolute Gasteiger partial charge is 0.317 e. The van der Waals surface area contributed by atoms with Gasteiger partial charge in [-0.1, -0.05) is 72.8 Å². The summed E-state index contributed by atoms with van der Waals surface area (Å²) in [5, 5.41) is 0. The Hall–Kier alpha value is -3.20. The van der Waals surface area contributed by atoms with Gasteiger partial charge in [-0.2, -0.15) is 9.97 Å². The fraction of sp³-hybridized carbons (Fsp3) is 0.0476. The second-order valence-electron chi connectivity index (χ2n) is 5.19. The number of nitrogens with zero attached hydrogens (tertiary/aromatic N) is 2. The Morgan fingerprint density at radius 2 is 1.12 bits per heavy atom. The fourth-order valence-electron chi connectivity index (χ4n) is 2.22. The van der Waals surface area contributed by atoms with Gasteiger partial charge in [-0.15, -0.1) is 0 Å². The van der Waals surface area contributed by atoms with Crippen LogP contribution in [0.15, 0.2) is 66.7 Å². The van der Waals surface area contributed by atoms with Gasteiger partial charge >= 0.3 is 6.01 Å². The van der Waals surface area contributed by atoms with Crippen molar-refractivity contribution in [2.24, 2.45) is 0 Å². The van der Waals surface area contributed by atoms with Crippen LogP contribution in [0.2, 0.25) is 0 Å². The van der Waals surface area contributed by atoms with Crippen LogP contribution in [0, 0.1) is 0 Å². The van der Waals surface area contributed by atoms with E-state index in [1.54, 1.807) is 7.11 Å². The van der Waals surface area contributed by atoms with Crippen LogP contribution in [0.1, 0.15) is 22.5 Å². The van der Waals surface area contributed by atoms with Crippen molar-refractivity contribution in [1.29, 1.82) is 0 Å². The van der Waals surface area contributed by atoms with Crippen LogP contribution in [-0.2, 0) is 0 Å². The number of hydrogen-bond acceptors (Lipinski definition) is 3. The molecule has 0 atom stereocenters. The maximum Gasteiger partial charge on any atom is 0.317 e. The van der Waals surface area contributed by atoms with Gasteiger partial charge in [0, 0.05) is 0 Å². The molecule has 118 valence electrons. The minimum Gasteiger partial charge on any atom is -0.467 e. The fourth-order valence-corrected chi connectivity index (χ4v) is 2.22. The molecule has 3 nitrogen and oxygen atoms in total. The van der Waals surface area contributed by atoms with Crippen LogP contribution in [0.25, 0.3) is 24.3 Å². The van der Waals surface area contributed by atoms with Crippen molar-refractivity contribution < 1.29 is 4.74 Å². The van der Waals surface area contributed by atoms with Gasteiger partial charge in [-0.05, 0) is 29.3 Å². The van der Waals surface area contributed by atoms with Gasteiger partial charge in [0.1, 0.15) is 0 Å². The van der Waals surface area contributed by atoms with Crippen LogP contribution in [0.3, 0.4) is 0 Å².